The van der Waals surface area contributed by atoms with E-state index >= 15 is 0 Å². The number of methoxy groups -OCH3 is 1. The van der Waals surface area contributed by atoms with E-state index in [-0.39, 0.29) is 35.6 Å². The van der Waals surface area contributed by atoms with E-state index in [0.29, 0.717) is 24.3 Å². The van der Waals surface area contributed by atoms with Crippen LogP contribution in [0.25, 0.3) is 6.08 Å². The van der Waals surface area contributed by atoms with Crippen LogP contribution in [0.2, 0.25) is 0 Å². The first-order valence-electron chi connectivity index (χ1n) is 9.33. The number of hydrogen-bond acceptors (Lipinski definition) is 6. The lowest BCUT2D eigenvalue weighted by molar-refractivity contribution is -0.194. The first-order valence-corrected chi connectivity index (χ1v) is 10.6. The molecule has 2 fully saturated rings. The van der Waals surface area contributed by atoms with Crippen LogP contribution in [-0.2, 0) is 19.0 Å². The molecule has 0 radical (unpaired) electrons. The average molecular weight is 413 g/mol. The van der Waals surface area contributed by atoms with Crippen LogP contribution in [0.5, 0.6) is 0 Å². The number of carbonyl (C=O) groups is 2. The lowest BCUT2D eigenvalue weighted by Crippen LogP contribution is -2.31. The molecular formula is C20H25ClO5S. The quantitative estimate of drug-likeness (QED) is 0.379. The van der Waals surface area contributed by atoms with Crippen molar-refractivity contribution < 1.29 is 23.8 Å². The van der Waals surface area contributed by atoms with Gasteiger partial charge in [0.15, 0.2) is 6.29 Å². The standard InChI is InChI=1S/C20H25ClO5S/c1-24-20(23)18-9-8-13(27-18)5-4-6-14-15(12-22)17(11-16(14)21)26-19-7-2-3-10-25-19/h4-5,8-9,12,14-17,19H,2-3,6-7,10-11H2,1H3/t14-,15-,16-,17-,19?/m1/s1. The molecule has 0 bridgehead atoms. The Balaban J connectivity index is 1.57. The Bertz CT molecular complexity index is 667. The Kier molecular flexibility index (Phi) is 7.47. The van der Waals surface area contributed by atoms with Gasteiger partial charge in [0.1, 0.15) is 11.2 Å². The van der Waals surface area contributed by atoms with Crippen molar-refractivity contribution in [3.63, 3.8) is 0 Å². The fourth-order valence-corrected chi connectivity index (χ4v) is 5.02. The smallest absolute Gasteiger partial charge is 0.348 e. The highest BCUT2D eigenvalue weighted by molar-refractivity contribution is 7.14. The van der Waals surface area contributed by atoms with Crippen LogP contribution in [-0.4, -0.2) is 43.7 Å². The second-order valence-corrected chi connectivity index (χ2v) is 8.61. The molecule has 1 saturated carbocycles. The molecule has 5 nitrogen and oxygen atoms in total. The third-order valence-corrected chi connectivity index (χ3v) is 6.70. The zero-order valence-electron chi connectivity index (χ0n) is 15.3. The third kappa shape index (κ3) is 5.19. The van der Waals surface area contributed by atoms with Crippen LogP contribution < -0.4 is 0 Å². The molecule has 1 aromatic rings. The zero-order chi connectivity index (χ0) is 19.2. The maximum absolute atomic E-state index is 11.7. The van der Waals surface area contributed by atoms with Crippen LogP contribution in [0.1, 0.15) is 46.7 Å². The van der Waals surface area contributed by atoms with Gasteiger partial charge in [0.25, 0.3) is 0 Å². The Labute approximate surface area is 168 Å². The summed E-state index contributed by atoms with van der Waals surface area (Å²) >= 11 is 7.91. The fourth-order valence-electron chi connectivity index (χ4n) is 3.72. The number of allylic oxidation sites excluding steroid dienone is 1. The number of carbonyl (C=O) groups excluding carboxylic acids is 2. The molecule has 1 aliphatic heterocycles. The third-order valence-electron chi connectivity index (χ3n) is 5.17. The highest BCUT2D eigenvalue weighted by Crippen LogP contribution is 2.40. The first kappa shape index (κ1) is 20.5. The van der Waals surface area contributed by atoms with Gasteiger partial charge < -0.3 is 19.0 Å². The zero-order valence-corrected chi connectivity index (χ0v) is 16.9. The lowest BCUT2D eigenvalue weighted by Gasteiger charge is -2.28. The molecule has 0 spiro atoms. The number of thiophene rings is 1. The van der Waals surface area contributed by atoms with Crippen molar-refractivity contribution in [2.24, 2.45) is 11.8 Å². The maximum atomic E-state index is 11.7. The van der Waals surface area contributed by atoms with Crippen molar-refractivity contribution in [3.8, 4) is 0 Å². The van der Waals surface area contributed by atoms with Crippen LogP contribution >= 0.6 is 22.9 Å². The topological polar surface area (TPSA) is 61.8 Å². The molecule has 5 atom stereocenters. The summed E-state index contributed by atoms with van der Waals surface area (Å²) in [6.07, 6.45) is 8.94. The first-order chi connectivity index (χ1) is 13.1. The summed E-state index contributed by atoms with van der Waals surface area (Å²) in [6.45, 7) is 0.716. The van der Waals surface area contributed by atoms with Crippen molar-refractivity contribution >= 4 is 41.3 Å². The number of rotatable bonds is 7. The molecular weight excluding hydrogens is 388 g/mol. The summed E-state index contributed by atoms with van der Waals surface area (Å²) in [5.74, 6) is -0.520. The van der Waals surface area contributed by atoms with Crippen LogP contribution in [0.4, 0.5) is 0 Å². The molecule has 1 aliphatic carbocycles. The van der Waals surface area contributed by atoms with Gasteiger partial charge in [-0.1, -0.05) is 6.08 Å². The molecule has 7 heteroatoms. The largest absolute Gasteiger partial charge is 0.465 e. The molecule has 2 heterocycles. The number of hydrogen-bond donors (Lipinski definition) is 0. The minimum atomic E-state index is -0.331. The van der Waals surface area contributed by atoms with Crippen LogP contribution in [0.3, 0.4) is 0 Å². The normalized spacial score (nSPS) is 31.3. The van der Waals surface area contributed by atoms with Gasteiger partial charge in [0, 0.05) is 22.8 Å². The monoisotopic (exact) mass is 412 g/mol. The summed E-state index contributed by atoms with van der Waals surface area (Å²) in [6, 6.07) is 3.63. The van der Waals surface area contributed by atoms with Gasteiger partial charge in [-0.2, -0.15) is 0 Å². The number of halogens is 1. The Morgan fingerprint density at radius 1 is 1.41 bits per heavy atom. The molecule has 1 saturated heterocycles. The Morgan fingerprint density at radius 3 is 2.96 bits per heavy atom. The van der Waals surface area contributed by atoms with Gasteiger partial charge in [-0.25, -0.2) is 4.79 Å². The van der Waals surface area contributed by atoms with E-state index < -0.39 is 0 Å². The summed E-state index contributed by atoms with van der Waals surface area (Å²) in [5.41, 5.74) is 0. The van der Waals surface area contributed by atoms with E-state index in [4.69, 9.17) is 25.8 Å². The molecule has 148 valence electrons. The minimum absolute atomic E-state index is 0.0362. The number of alkyl halides is 1. The summed E-state index contributed by atoms with van der Waals surface area (Å²) in [5, 5.41) is -0.104. The highest BCUT2D eigenvalue weighted by atomic mass is 35.5. The fraction of sp³-hybridized carbons (Fsp3) is 0.600. The van der Waals surface area contributed by atoms with Crippen LogP contribution in [0, 0.1) is 11.8 Å². The van der Waals surface area contributed by atoms with Crippen molar-refractivity contribution in [2.45, 2.75) is 49.9 Å². The lowest BCUT2D eigenvalue weighted by atomic mass is 9.92. The molecule has 0 N–H and O–H groups in total. The van der Waals surface area contributed by atoms with Gasteiger partial charge >= 0.3 is 5.97 Å². The van der Waals surface area contributed by atoms with E-state index in [9.17, 15) is 9.59 Å². The van der Waals surface area contributed by atoms with Gasteiger partial charge in [0.05, 0.1) is 13.2 Å². The van der Waals surface area contributed by atoms with E-state index in [1.807, 2.05) is 18.2 Å². The van der Waals surface area contributed by atoms with Crippen molar-refractivity contribution in [1.82, 2.24) is 0 Å². The SMILES string of the molecule is COC(=O)c1ccc(C=CC[C@@H]2[C@@H](C=O)[C@H](OC3CCCCO3)C[C@H]2Cl)s1. The summed E-state index contributed by atoms with van der Waals surface area (Å²) in [7, 11) is 1.37. The summed E-state index contributed by atoms with van der Waals surface area (Å²) in [4.78, 5) is 24.8. The highest BCUT2D eigenvalue weighted by Gasteiger charge is 2.43. The van der Waals surface area contributed by atoms with Crippen molar-refractivity contribution in [3.05, 3.63) is 28.0 Å². The predicted molar refractivity (Wildman–Crippen MR) is 105 cm³/mol. The second kappa shape index (κ2) is 9.82. The second-order valence-electron chi connectivity index (χ2n) is 6.93. The van der Waals surface area contributed by atoms with Crippen molar-refractivity contribution in [1.29, 1.82) is 0 Å². The van der Waals surface area contributed by atoms with Gasteiger partial charge in [-0.3, -0.25) is 0 Å². The van der Waals surface area contributed by atoms with Gasteiger partial charge in [-0.05, 0) is 56.2 Å². The predicted octanol–water partition coefficient (Wildman–Crippen LogP) is 4.29. The van der Waals surface area contributed by atoms with E-state index in [1.54, 1.807) is 6.07 Å². The molecule has 3 rings (SSSR count). The van der Waals surface area contributed by atoms with E-state index in [1.165, 1.54) is 18.4 Å². The number of aldehydes is 1. The minimum Gasteiger partial charge on any atom is -0.465 e. The molecule has 0 aromatic carbocycles. The van der Waals surface area contributed by atoms with Gasteiger partial charge in [0.2, 0.25) is 0 Å². The Hall–Kier alpha value is -1.21. The molecule has 27 heavy (non-hydrogen) atoms. The maximum Gasteiger partial charge on any atom is 0.348 e. The van der Waals surface area contributed by atoms with Crippen molar-refractivity contribution in [2.75, 3.05) is 13.7 Å². The average Bonchev–Trinajstić information content (AvgIpc) is 3.27. The molecule has 1 unspecified atom stereocenters. The number of esters is 1. The van der Waals surface area contributed by atoms with E-state index in [0.717, 1.165) is 30.4 Å². The van der Waals surface area contributed by atoms with Crippen LogP contribution in [0.15, 0.2) is 18.2 Å². The van der Waals surface area contributed by atoms with Gasteiger partial charge in [-0.15, -0.1) is 22.9 Å². The van der Waals surface area contributed by atoms with E-state index in [2.05, 4.69) is 0 Å². The molecule has 1 aromatic heterocycles. The summed E-state index contributed by atoms with van der Waals surface area (Å²) < 4.78 is 16.4. The number of ether oxygens (including phenoxy) is 3. The Morgan fingerprint density at radius 2 is 2.26 bits per heavy atom. The molecule has 0 amide bonds. The molecule has 2 aliphatic rings.